The maximum atomic E-state index is 12.1. The minimum atomic E-state index is -0.391. The molecule has 3 aliphatic carbocycles. The second-order valence-electron chi connectivity index (χ2n) is 9.45. The van der Waals surface area contributed by atoms with Gasteiger partial charge >= 0.3 is 0 Å². The fourth-order valence-corrected chi connectivity index (χ4v) is 5.08. The summed E-state index contributed by atoms with van der Waals surface area (Å²) in [5.41, 5.74) is 1.18. The maximum absolute atomic E-state index is 12.1. The number of allylic oxidation sites excluding steroid dienone is 2. The molecule has 0 spiro atoms. The van der Waals surface area contributed by atoms with Gasteiger partial charge in [-0.15, -0.1) is 19.3 Å². The van der Waals surface area contributed by atoms with Gasteiger partial charge in [-0.05, 0) is 110 Å². The van der Waals surface area contributed by atoms with Crippen LogP contribution in [0.1, 0.15) is 66.9 Å². The van der Waals surface area contributed by atoms with Crippen LogP contribution in [0, 0.1) is 138 Å². The zero-order valence-electron chi connectivity index (χ0n) is 22.6. The third-order valence-electron chi connectivity index (χ3n) is 6.93. The number of hydrogen-bond acceptors (Lipinski definition) is 3. The number of terminal acetylenes is 3. The average molecular weight is 533 g/mol. The molecule has 2 bridgehead atoms. The van der Waals surface area contributed by atoms with E-state index in [0.29, 0.717) is 12.2 Å². The van der Waals surface area contributed by atoms with Crippen molar-refractivity contribution in [2.45, 2.75) is 58.3 Å². The predicted molar refractivity (Wildman–Crippen MR) is 169 cm³/mol. The lowest BCUT2D eigenvalue weighted by Gasteiger charge is -2.35. The van der Waals surface area contributed by atoms with Gasteiger partial charge in [-0.2, -0.15) is 0 Å². The minimum Gasteiger partial charge on any atom is -0.299 e. The van der Waals surface area contributed by atoms with E-state index >= 15 is 0 Å². The molecule has 2 saturated carbocycles. The van der Waals surface area contributed by atoms with E-state index < -0.39 is 5.92 Å². The fourth-order valence-electron chi connectivity index (χ4n) is 5.08. The second-order valence-corrected chi connectivity index (χ2v) is 9.45. The zero-order chi connectivity index (χ0) is 29.2. The molecule has 3 nitrogen and oxygen atoms in total. The van der Waals surface area contributed by atoms with Gasteiger partial charge in [0.1, 0.15) is 11.6 Å². The monoisotopic (exact) mass is 532 g/mol. The van der Waals surface area contributed by atoms with Crippen LogP contribution in [0.25, 0.3) is 0 Å². The molecule has 0 heterocycles. The Balaban J connectivity index is -0.000000221. The van der Waals surface area contributed by atoms with Crippen LogP contribution in [0.5, 0.6) is 0 Å². The molecule has 3 rings (SSSR count). The summed E-state index contributed by atoms with van der Waals surface area (Å²) in [4.78, 5) is 36.1. The molecule has 0 amide bonds. The lowest BCUT2D eigenvalue weighted by molar-refractivity contribution is -0.129. The molecule has 40 heavy (non-hydrogen) atoms. The van der Waals surface area contributed by atoms with Crippen molar-refractivity contribution in [3.63, 3.8) is 0 Å². The third-order valence-corrected chi connectivity index (χ3v) is 6.93. The molecule has 0 aromatic carbocycles. The van der Waals surface area contributed by atoms with Crippen LogP contribution < -0.4 is 0 Å². The Morgan fingerprint density at radius 2 is 1.55 bits per heavy atom. The largest absolute Gasteiger partial charge is 0.299 e. The first-order valence-electron chi connectivity index (χ1n) is 13.1. The summed E-state index contributed by atoms with van der Waals surface area (Å²) in [5.74, 6) is 37.1. The molecule has 0 radical (unpaired) electrons. The van der Waals surface area contributed by atoms with E-state index in [1.807, 2.05) is 6.92 Å². The Bertz CT molecular complexity index is 1580. The van der Waals surface area contributed by atoms with Crippen LogP contribution in [0.15, 0.2) is 11.6 Å². The third kappa shape index (κ3) is 9.92. The van der Waals surface area contributed by atoms with Crippen LogP contribution in [-0.2, 0) is 14.4 Å². The first-order chi connectivity index (χ1) is 19.4. The predicted octanol–water partition coefficient (Wildman–Crippen LogP) is 5.27. The fraction of sp³-hybridized carbons (Fsp3) is 0.378. The molecular formula is C37H40O3. The van der Waals surface area contributed by atoms with Crippen molar-refractivity contribution >= 4 is 17.3 Å². The Morgan fingerprint density at radius 1 is 0.875 bits per heavy atom. The van der Waals surface area contributed by atoms with Crippen LogP contribution in [0.4, 0.5) is 0 Å². The Morgan fingerprint density at radius 3 is 2.23 bits per heavy atom. The van der Waals surface area contributed by atoms with Gasteiger partial charge in [0.15, 0.2) is 0 Å². The molecular weight excluding hydrogens is 492 g/mol. The Kier molecular flexibility index (Phi) is 13.4. The molecule has 5 atom stereocenters. The summed E-state index contributed by atoms with van der Waals surface area (Å²) in [5, 5.41) is 0. The summed E-state index contributed by atoms with van der Waals surface area (Å²) >= 11 is 0. The lowest BCUT2D eigenvalue weighted by atomic mass is 9.67. The molecule has 0 aromatic rings. The first-order valence-corrected chi connectivity index (χ1v) is 13.1. The number of hydrogen-bond donors (Lipinski definition) is 0. The summed E-state index contributed by atoms with van der Waals surface area (Å²) in [6, 6.07) is 0. The lowest BCUT2D eigenvalue weighted by Crippen LogP contribution is -2.36. The molecule has 0 aromatic heterocycles. The van der Waals surface area contributed by atoms with Crippen molar-refractivity contribution in [2.75, 3.05) is 0 Å². The van der Waals surface area contributed by atoms with Gasteiger partial charge in [-0.25, -0.2) is 0 Å². The summed E-state index contributed by atoms with van der Waals surface area (Å²) in [6.07, 6.45) is 23.4. The molecule has 3 aliphatic rings. The average Bonchev–Trinajstić information content (AvgIpc) is 2.94. The van der Waals surface area contributed by atoms with E-state index in [1.54, 1.807) is 0 Å². The van der Waals surface area contributed by atoms with Crippen molar-refractivity contribution in [1.29, 1.82) is 0 Å². The van der Waals surface area contributed by atoms with Crippen LogP contribution >= 0.6 is 0 Å². The van der Waals surface area contributed by atoms with E-state index in [0.717, 1.165) is 38.5 Å². The molecule has 5 unspecified atom stereocenters. The Hall–Kier alpha value is -5.21. The number of fused-ring (bicyclic) bond motifs is 2. The van der Waals surface area contributed by atoms with E-state index in [9.17, 15) is 14.4 Å². The van der Waals surface area contributed by atoms with E-state index in [4.69, 9.17) is 19.3 Å². The SMILES string of the molecule is C#CC#CC#CC(=O)CC(C#CC#CC#C)C1CCCCC1=O.C#CC#CC#CC1C=C(C)C2CCCC1C2=O.[HH].[HH].[HH].[HH].[HH].[HH]. The minimum absolute atomic E-state index is 0. The van der Waals surface area contributed by atoms with Gasteiger partial charge in [0.25, 0.3) is 0 Å². The highest BCUT2D eigenvalue weighted by molar-refractivity contribution is 5.97. The van der Waals surface area contributed by atoms with Crippen LogP contribution in [0.2, 0.25) is 0 Å². The van der Waals surface area contributed by atoms with Gasteiger partial charge in [0, 0.05) is 51.0 Å². The zero-order valence-corrected chi connectivity index (χ0v) is 22.6. The van der Waals surface area contributed by atoms with Crippen molar-refractivity contribution in [3.05, 3.63) is 11.6 Å². The number of ketones is 3. The molecule has 2 fully saturated rings. The van der Waals surface area contributed by atoms with E-state index in [1.165, 1.54) is 5.57 Å². The van der Waals surface area contributed by atoms with Crippen molar-refractivity contribution < 1.29 is 22.9 Å². The maximum Gasteiger partial charge on any atom is 0.207 e. The van der Waals surface area contributed by atoms with Crippen molar-refractivity contribution in [3.8, 4) is 108 Å². The van der Waals surface area contributed by atoms with Crippen LogP contribution in [0.3, 0.4) is 0 Å². The second kappa shape index (κ2) is 17.3. The van der Waals surface area contributed by atoms with Gasteiger partial charge in [-0.3, -0.25) is 14.4 Å². The Labute approximate surface area is 248 Å². The van der Waals surface area contributed by atoms with E-state index in [-0.39, 0.29) is 50.2 Å². The summed E-state index contributed by atoms with van der Waals surface area (Å²) in [6.45, 7) is 2.03. The van der Waals surface area contributed by atoms with Crippen molar-refractivity contribution in [2.24, 2.45) is 29.6 Å². The van der Waals surface area contributed by atoms with Crippen molar-refractivity contribution in [1.82, 2.24) is 0 Å². The standard InChI is InChI=1S/C21H14O2.C16H14O.6H2/c1-3-5-7-9-13-18(20-15-11-12-16-21(20)23)17-19(22)14-10-8-6-4-2;1-3-4-5-6-8-13-11-12(2)14-9-7-10-15(13)16(14)17;;;;;;/h1-2,18,20H,11-12,15-17H2;1,11,13-15H,7,9-10H2,2H3;6*1H. The van der Waals surface area contributed by atoms with Gasteiger partial charge in [-0.1, -0.05) is 36.3 Å². The van der Waals surface area contributed by atoms with E-state index in [2.05, 4.69) is 94.9 Å². The number of Topliss-reactive ketones (excluding diaryl/α,β-unsaturated/α-hetero) is 3. The number of rotatable bonds is 3. The molecule has 0 saturated heterocycles. The smallest absolute Gasteiger partial charge is 0.207 e. The highest BCUT2D eigenvalue weighted by Crippen LogP contribution is 2.39. The van der Waals surface area contributed by atoms with Gasteiger partial charge in [0.05, 0.1) is 0 Å². The number of carbonyl (C=O) groups is 3. The molecule has 0 aliphatic heterocycles. The quantitative estimate of drug-likeness (QED) is 0.283. The highest BCUT2D eigenvalue weighted by atomic mass is 16.1. The number of carbonyl (C=O) groups excluding carboxylic acids is 3. The normalized spacial score (nSPS) is 22.0. The molecule has 3 heteroatoms. The first kappa shape index (κ1) is 31.0. The molecule has 206 valence electrons. The topological polar surface area (TPSA) is 51.2 Å². The molecule has 0 N–H and O–H groups in total. The van der Waals surface area contributed by atoms with Gasteiger partial charge in [0.2, 0.25) is 5.78 Å². The highest BCUT2D eigenvalue weighted by Gasteiger charge is 2.39. The van der Waals surface area contributed by atoms with Gasteiger partial charge < -0.3 is 0 Å². The summed E-state index contributed by atoms with van der Waals surface area (Å²) < 4.78 is 0. The summed E-state index contributed by atoms with van der Waals surface area (Å²) in [7, 11) is 0. The van der Waals surface area contributed by atoms with Crippen LogP contribution in [-0.4, -0.2) is 17.3 Å².